The van der Waals surface area contributed by atoms with Gasteiger partial charge < -0.3 is 4.55 Å². The van der Waals surface area contributed by atoms with Gasteiger partial charge >= 0.3 is 0 Å². The van der Waals surface area contributed by atoms with Crippen molar-refractivity contribution in [2.75, 3.05) is 0 Å². The van der Waals surface area contributed by atoms with E-state index >= 15 is 0 Å². The van der Waals surface area contributed by atoms with Crippen LogP contribution in [0.15, 0.2) is 5.03 Å². The molecule has 0 bridgehead atoms. The van der Waals surface area contributed by atoms with Gasteiger partial charge in [0, 0.05) is 0 Å². The molecule has 0 fully saturated rings. The van der Waals surface area contributed by atoms with Gasteiger partial charge in [0.05, 0.1) is 5.69 Å². The zero-order valence-corrected chi connectivity index (χ0v) is 5.47. The van der Waals surface area contributed by atoms with E-state index in [0.29, 0.717) is 5.69 Å². The Bertz CT molecular complexity index is 233. The van der Waals surface area contributed by atoms with Gasteiger partial charge in [0.2, 0.25) is 11.1 Å². The summed E-state index contributed by atoms with van der Waals surface area (Å²) < 4.78 is 18.7. The summed E-state index contributed by atoms with van der Waals surface area (Å²) in [6.07, 6.45) is 0. The Kier molecular flexibility index (Phi) is 1.58. The number of aryl methyl sites for hydroxylation is 1. The summed E-state index contributed by atoms with van der Waals surface area (Å²) in [5.74, 6) is 0. The quantitative estimate of drug-likeness (QED) is 0.534. The lowest BCUT2D eigenvalue weighted by Gasteiger charge is -1.82. The van der Waals surface area contributed by atoms with Crippen LogP contribution in [0.5, 0.6) is 0 Å². The van der Waals surface area contributed by atoms with Crippen molar-refractivity contribution in [2.24, 2.45) is 0 Å². The predicted octanol–water partition coefficient (Wildman–Crippen LogP) is -0.306. The summed E-state index contributed by atoms with van der Waals surface area (Å²) in [4.78, 5) is 0. The van der Waals surface area contributed by atoms with Crippen LogP contribution >= 0.6 is 0 Å². The van der Waals surface area contributed by atoms with E-state index in [1.165, 1.54) is 0 Å². The molecule has 6 heteroatoms. The van der Waals surface area contributed by atoms with Crippen molar-refractivity contribution in [1.82, 2.24) is 15.4 Å². The Morgan fingerprint density at radius 1 is 1.67 bits per heavy atom. The number of aromatic nitrogens is 3. The molecule has 1 aromatic heterocycles. The molecule has 5 nitrogen and oxygen atoms in total. The number of aromatic amines is 1. The van der Waals surface area contributed by atoms with Crippen molar-refractivity contribution in [3.8, 4) is 0 Å². The van der Waals surface area contributed by atoms with Crippen molar-refractivity contribution in [3.05, 3.63) is 5.69 Å². The van der Waals surface area contributed by atoms with Gasteiger partial charge in [0.15, 0.2) is 5.03 Å². The van der Waals surface area contributed by atoms with Crippen LogP contribution in [-0.4, -0.2) is 24.2 Å². The zero-order chi connectivity index (χ0) is 6.85. The Morgan fingerprint density at radius 2 is 2.33 bits per heavy atom. The maximum Gasteiger partial charge on any atom is 0.209 e. The summed E-state index contributed by atoms with van der Waals surface area (Å²) in [5, 5.41) is 9.30. The van der Waals surface area contributed by atoms with Crippen molar-refractivity contribution in [3.63, 3.8) is 0 Å². The van der Waals surface area contributed by atoms with Crippen LogP contribution in [0.4, 0.5) is 0 Å². The van der Waals surface area contributed by atoms with Gasteiger partial charge in [0.1, 0.15) is 0 Å². The molecule has 0 radical (unpaired) electrons. The standard InChI is InChI=1S/C3H5N3O2S/c1-2-3(9(7)8)5-6-4-2/h1H3,(H,7,8)(H,4,5,6). The van der Waals surface area contributed by atoms with Crippen molar-refractivity contribution < 1.29 is 8.76 Å². The van der Waals surface area contributed by atoms with Crippen LogP contribution in [0.1, 0.15) is 5.69 Å². The molecule has 2 N–H and O–H groups in total. The number of hydrogen-bond donors (Lipinski definition) is 2. The second-order valence-electron chi connectivity index (χ2n) is 1.46. The average Bonchev–Trinajstić information content (AvgIpc) is 2.13. The minimum Gasteiger partial charge on any atom is -0.301 e. The van der Waals surface area contributed by atoms with Crippen LogP contribution in [0.3, 0.4) is 0 Å². The largest absolute Gasteiger partial charge is 0.301 e. The van der Waals surface area contributed by atoms with Crippen LogP contribution in [0, 0.1) is 6.92 Å². The van der Waals surface area contributed by atoms with Gasteiger partial charge in [0.25, 0.3) is 0 Å². The van der Waals surface area contributed by atoms with Crippen molar-refractivity contribution in [2.45, 2.75) is 11.9 Å². The lowest BCUT2D eigenvalue weighted by molar-refractivity contribution is 0.559. The Balaban J connectivity index is 3.08. The molecular formula is C3H5N3O2S. The Labute approximate surface area is 53.8 Å². The molecule has 9 heavy (non-hydrogen) atoms. The van der Waals surface area contributed by atoms with E-state index in [2.05, 4.69) is 15.4 Å². The third-order valence-electron chi connectivity index (χ3n) is 0.844. The highest BCUT2D eigenvalue weighted by Gasteiger charge is 2.06. The number of hydrogen-bond acceptors (Lipinski definition) is 3. The highest BCUT2D eigenvalue weighted by molar-refractivity contribution is 7.79. The van der Waals surface area contributed by atoms with E-state index in [4.69, 9.17) is 4.55 Å². The molecule has 0 saturated heterocycles. The molecule has 0 aliphatic carbocycles. The van der Waals surface area contributed by atoms with Gasteiger partial charge in [-0.1, -0.05) is 0 Å². The molecule has 50 valence electrons. The van der Waals surface area contributed by atoms with Gasteiger partial charge in [-0.3, -0.25) is 0 Å². The first kappa shape index (κ1) is 6.37. The van der Waals surface area contributed by atoms with Gasteiger partial charge in [-0.05, 0) is 6.92 Å². The van der Waals surface area contributed by atoms with E-state index in [0.717, 1.165) is 0 Å². The molecule has 1 rings (SSSR count). The topological polar surface area (TPSA) is 78.9 Å². The monoisotopic (exact) mass is 147 g/mol. The predicted molar refractivity (Wildman–Crippen MR) is 30.2 cm³/mol. The fourth-order valence-corrected chi connectivity index (χ4v) is 0.857. The second-order valence-corrected chi connectivity index (χ2v) is 2.35. The van der Waals surface area contributed by atoms with Gasteiger partial charge in [-0.15, -0.1) is 5.10 Å². The van der Waals surface area contributed by atoms with E-state index in [9.17, 15) is 4.21 Å². The molecule has 0 aliphatic heterocycles. The van der Waals surface area contributed by atoms with E-state index < -0.39 is 11.1 Å². The Hall–Kier alpha value is -0.750. The lowest BCUT2D eigenvalue weighted by atomic mass is 10.6. The minimum atomic E-state index is -2.01. The van der Waals surface area contributed by atoms with Crippen LogP contribution in [-0.2, 0) is 11.1 Å². The first-order chi connectivity index (χ1) is 4.22. The third kappa shape index (κ3) is 1.14. The van der Waals surface area contributed by atoms with Crippen molar-refractivity contribution in [1.29, 1.82) is 0 Å². The van der Waals surface area contributed by atoms with Crippen LogP contribution in [0.2, 0.25) is 0 Å². The summed E-state index contributed by atoms with van der Waals surface area (Å²) in [7, 11) is 0. The van der Waals surface area contributed by atoms with E-state index in [1.54, 1.807) is 6.92 Å². The third-order valence-corrected chi connectivity index (χ3v) is 1.56. The zero-order valence-electron chi connectivity index (χ0n) is 4.66. The normalized spacial score (nSPS) is 13.6. The summed E-state index contributed by atoms with van der Waals surface area (Å²) in [6.45, 7) is 1.60. The summed E-state index contributed by atoms with van der Waals surface area (Å²) in [6, 6.07) is 0. The first-order valence-corrected chi connectivity index (χ1v) is 3.30. The smallest absolute Gasteiger partial charge is 0.209 e. The lowest BCUT2D eigenvalue weighted by Crippen LogP contribution is -1.90. The number of nitrogens with zero attached hydrogens (tertiary/aromatic N) is 2. The molecular weight excluding hydrogens is 142 g/mol. The molecule has 0 aromatic carbocycles. The SMILES string of the molecule is Cc1n[nH]nc1S(=O)O. The van der Waals surface area contributed by atoms with Crippen LogP contribution < -0.4 is 0 Å². The van der Waals surface area contributed by atoms with Crippen LogP contribution in [0.25, 0.3) is 0 Å². The number of rotatable bonds is 1. The minimum absolute atomic E-state index is 0.0926. The average molecular weight is 147 g/mol. The van der Waals surface area contributed by atoms with E-state index in [1.807, 2.05) is 0 Å². The van der Waals surface area contributed by atoms with E-state index in [-0.39, 0.29) is 5.03 Å². The number of H-pyrrole nitrogens is 1. The number of nitrogens with one attached hydrogen (secondary N) is 1. The molecule has 1 heterocycles. The molecule has 0 saturated carbocycles. The maximum absolute atomic E-state index is 10.3. The fraction of sp³-hybridized carbons (Fsp3) is 0.333. The maximum atomic E-state index is 10.3. The second kappa shape index (κ2) is 2.24. The van der Waals surface area contributed by atoms with Gasteiger partial charge in [-0.25, -0.2) is 4.21 Å². The highest BCUT2D eigenvalue weighted by atomic mass is 32.2. The molecule has 0 aliphatic rings. The molecule has 1 aromatic rings. The fourth-order valence-electron chi connectivity index (χ4n) is 0.440. The molecule has 1 unspecified atom stereocenters. The summed E-state index contributed by atoms with van der Waals surface area (Å²) >= 11 is -2.01. The Morgan fingerprint density at radius 3 is 2.56 bits per heavy atom. The highest BCUT2D eigenvalue weighted by Crippen LogP contribution is 2.01. The van der Waals surface area contributed by atoms with Gasteiger partial charge in [-0.2, -0.15) is 10.3 Å². The molecule has 0 spiro atoms. The molecule has 1 atom stereocenters. The summed E-state index contributed by atoms with van der Waals surface area (Å²) in [5.41, 5.74) is 0.454. The molecule has 0 amide bonds. The van der Waals surface area contributed by atoms with Crippen molar-refractivity contribution >= 4 is 11.1 Å². The first-order valence-electron chi connectivity index (χ1n) is 2.20.